The second kappa shape index (κ2) is 9.14. The van der Waals surface area contributed by atoms with Crippen molar-refractivity contribution in [2.45, 2.75) is 31.3 Å². The minimum absolute atomic E-state index is 0.0287. The van der Waals surface area contributed by atoms with E-state index in [1.165, 1.54) is 32.2 Å². The maximum Gasteiger partial charge on any atom is 0.338 e. The maximum absolute atomic E-state index is 12.1. The SMILES string of the molecule is CCCNS(=O)(=O)c1cccc(C(=O)O[C@H](C)C(=O)NC(=O)NC)c1. The molecule has 1 atom stereocenters. The number of esters is 1. The van der Waals surface area contributed by atoms with Crippen molar-refractivity contribution in [1.29, 1.82) is 0 Å². The molecule has 138 valence electrons. The monoisotopic (exact) mass is 371 g/mol. The third-order valence-electron chi connectivity index (χ3n) is 3.04. The number of carbonyl (C=O) groups excluding carboxylic acids is 3. The summed E-state index contributed by atoms with van der Waals surface area (Å²) in [6, 6.07) is 4.53. The number of rotatable bonds is 7. The Bertz CT molecular complexity index is 747. The number of amides is 3. The summed E-state index contributed by atoms with van der Waals surface area (Å²) in [6.07, 6.45) is -0.609. The first-order chi connectivity index (χ1) is 11.7. The van der Waals surface area contributed by atoms with Crippen molar-refractivity contribution in [2.75, 3.05) is 13.6 Å². The first-order valence-corrected chi connectivity index (χ1v) is 9.02. The quantitative estimate of drug-likeness (QED) is 0.594. The summed E-state index contributed by atoms with van der Waals surface area (Å²) in [6.45, 7) is 3.38. The Morgan fingerprint density at radius 3 is 2.52 bits per heavy atom. The summed E-state index contributed by atoms with van der Waals surface area (Å²) in [5.74, 6) is -1.69. The van der Waals surface area contributed by atoms with Crippen molar-refractivity contribution in [2.24, 2.45) is 0 Å². The predicted molar refractivity (Wildman–Crippen MR) is 89.4 cm³/mol. The zero-order valence-electron chi connectivity index (χ0n) is 14.2. The highest BCUT2D eigenvalue weighted by molar-refractivity contribution is 7.89. The molecule has 0 spiro atoms. The molecule has 0 radical (unpaired) electrons. The van der Waals surface area contributed by atoms with Crippen molar-refractivity contribution in [3.63, 3.8) is 0 Å². The predicted octanol–water partition coefficient (Wildman–Crippen LogP) is 0.376. The molecule has 9 nitrogen and oxygen atoms in total. The smallest absolute Gasteiger partial charge is 0.338 e. The van der Waals surface area contributed by atoms with E-state index in [1.807, 2.05) is 12.2 Å². The molecule has 0 bridgehead atoms. The minimum Gasteiger partial charge on any atom is -0.449 e. The number of imide groups is 1. The molecule has 1 aromatic carbocycles. The van der Waals surface area contributed by atoms with Gasteiger partial charge in [0.15, 0.2) is 6.10 Å². The molecule has 0 aliphatic carbocycles. The van der Waals surface area contributed by atoms with Crippen molar-refractivity contribution in [3.05, 3.63) is 29.8 Å². The van der Waals surface area contributed by atoms with E-state index in [-0.39, 0.29) is 17.0 Å². The fourth-order valence-corrected chi connectivity index (χ4v) is 2.85. The van der Waals surface area contributed by atoms with Gasteiger partial charge in [0.25, 0.3) is 5.91 Å². The second-order valence-electron chi connectivity index (χ2n) is 5.04. The molecule has 1 aromatic rings. The molecule has 0 aromatic heterocycles. The minimum atomic E-state index is -3.73. The van der Waals surface area contributed by atoms with E-state index in [9.17, 15) is 22.8 Å². The van der Waals surface area contributed by atoms with Crippen molar-refractivity contribution < 1.29 is 27.5 Å². The van der Waals surface area contributed by atoms with Gasteiger partial charge in [-0.15, -0.1) is 0 Å². The van der Waals surface area contributed by atoms with Gasteiger partial charge in [0.1, 0.15) is 0 Å². The first-order valence-electron chi connectivity index (χ1n) is 7.54. The van der Waals surface area contributed by atoms with Crippen LogP contribution in [0.5, 0.6) is 0 Å². The molecule has 3 N–H and O–H groups in total. The highest BCUT2D eigenvalue weighted by Gasteiger charge is 2.22. The van der Waals surface area contributed by atoms with E-state index in [1.54, 1.807) is 0 Å². The maximum atomic E-state index is 12.1. The summed E-state index contributed by atoms with van der Waals surface area (Å²) in [4.78, 5) is 34.7. The lowest BCUT2D eigenvalue weighted by Gasteiger charge is -2.13. The van der Waals surface area contributed by atoms with Crippen LogP contribution in [0, 0.1) is 0 Å². The molecule has 0 unspecified atom stereocenters. The van der Waals surface area contributed by atoms with Gasteiger partial charge >= 0.3 is 12.0 Å². The van der Waals surface area contributed by atoms with Gasteiger partial charge in [0.2, 0.25) is 10.0 Å². The molecular weight excluding hydrogens is 350 g/mol. The lowest BCUT2D eigenvalue weighted by atomic mass is 10.2. The molecule has 0 aliphatic rings. The van der Waals surface area contributed by atoms with E-state index >= 15 is 0 Å². The van der Waals surface area contributed by atoms with Crippen molar-refractivity contribution in [3.8, 4) is 0 Å². The standard InChI is InChI=1S/C15H21N3O6S/c1-4-8-17-25(22,23)12-7-5-6-11(9-12)14(20)24-10(2)13(19)18-15(21)16-3/h5-7,9-10,17H,4,8H2,1-3H3,(H2,16,18,19,21)/t10-/m1/s1. The number of sulfonamides is 1. The Hall–Kier alpha value is -2.46. The Morgan fingerprint density at radius 1 is 1.24 bits per heavy atom. The van der Waals surface area contributed by atoms with Crippen molar-refractivity contribution >= 4 is 27.9 Å². The lowest BCUT2D eigenvalue weighted by molar-refractivity contribution is -0.127. The second-order valence-corrected chi connectivity index (χ2v) is 6.81. The fourth-order valence-electron chi connectivity index (χ4n) is 1.67. The number of hydrogen-bond acceptors (Lipinski definition) is 6. The van der Waals surface area contributed by atoms with E-state index in [4.69, 9.17) is 4.74 Å². The van der Waals surface area contributed by atoms with E-state index in [0.717, 1.165) is 6.07 Å². The zero-order valence-corrected chi connectivity index (χ0v) is 15.0. The van der Waals surface area contributed by atoms with Crippen LogP contribution >= 0.6 is 0 Å². The normalized spacial score (nSPS) is 12.1. The van der Waals surface area contributed by atoms with Crippen LogP contribution in [0.25, 0.3) is 0 Å². The summed E-state index contributed by atoms with van der Waals surface area (Å²) in [7, 11) is -2.40. The van der Waals surface area contributed by atoms with Gasteiger partial charge in [-0.1, -0.05) is 13.0 Å². The summed E-state index contributed by atoms with van der Waals surface area (Å²) in [5, 5.41) is 4.16. The summed E-state index contributed by atoms with van der Waals surface area (Å²) < 4.78 is 31.5. The number of benzene rings is 1. The van der Waals surface area contributed by atoms with E-state index in [2.05, 4.69) is 10.0 Å². The lowest BCUT2D eigenvalue weighted by Crippen LogP contribution is -2.43. The number of urea groups is 1. The highest BCUT2D eigenvalue weighted by atomic mass is 32.2. The Labute approximate surface area is 146 Å². The van der Waals surface area contributed by atoms with Crippen LogP contribution in [0.4, 0.5) is 4.79 Å². The van der Waals surface area contributed by atoms with Gasteiger partial charge in [-0.25, -0.2) is 22.7 Å². The van der Waals surface area contributed by atoms with Crippen molar-refractivity contribution in [1.82, 2.24) is 15.4 Å². The molecule has 0 heterocycles. The molecule has 1 rings (SSSR count). The van der Waals surface area contributed by atoms with Crippen LogP contribution in [0.3, 0.4) is 0 Å². The molecule has 25 heavy (non-hydrogen) atoms. The average molecular weight is 371 g/mol. The highest BCUT2D eigenvalue weighted by Crippen LogP contribution is 2.13. The molecule has 3 amide bonds. The topological polar surface area (TPSA) is 131 Å². The van der Waals surface area contributed by atoms with Crippen LogP contribution < -0.4 is 15.4 Å². The van der Waals surface area contributed by atoms with Crippen LogP contribution in [0.15, 0.2) is 29.2 Å². The third kappa shape index (κ3) is 6.16. The molecule has 0 fully saturated rings. The number of carbonyl (C=O) groups is 3. The van der Waals surface area contributed by atoms with Crippen LogP contribution in [-0.2, 0) is 19.6 Å². The molecular formula is C15H21N3O6S. The van der Waals surface area contributed by atoms with Gasteiger partial charge in [-0.3, -0.25) is 10.1 Å². The van der Waals surface area contributed by atoms with Gasteiger partial charge < -0.3 is 10.1 Å². The number of ether oxygens (including phenoxy) is 1. The first kappa shape index (κ1) is 20.6. The Morgan fingerprint density at radius 2 is 1.92 bits per heavy atom. The molecule has 10 heteroatoms. The van der Waals surface area contributed by atoms with Crippen LogP contribution in [0.1, 0.15) is 30.6 Å². The van der Waals surface area contributed by atoms with E-state index in [0.29, 0.717) is 6.42 Å². The molecule has 0 aliphatic heterocycles. The fraction of sp³-hybridized carbons (Fsp3) is 0.400. The molecule has 0 saturated carbocycles. The number of hydrogen-bond donors (Lipinski definition) is 3. The zero-order chi connectivity index (χ0) is 19.0. The molecule has 0 saturated heterocycles. The van der Waals surface area contributed by atoms with Gasteiger partial charge in [-0.2, -0.15) is 0 Å². The van der Waals surface area contributed by atoms with Crippen LogP contribution in [-0.4, -0.2) is 46.0 Å². The number of nitrogens with one attached hydrogen (secondary N) is 3. The van der Waals surface area contributed by atoms with Gasteiger partial charge in [-0.05, 0) is 31.5 Å². The van der Waals surface area contributed by atoms with Gasteiger partial charge in [0, 0.05) is 13.6 Å². The third-order valence-corrected chi connectivity index (χ3v) is 4.50. The van der Waals surface area contributed by atoms with E-state index < -0.39 is 34.0 Å². The average Bonchev–Trinajstić information content (AvgIpc) is 2.59. The Balaban J connectivity index is 2.84. The van der Waals surface area contributed by atoms with Crippen LogP contribution in [0.2, 0.25) is 0 Å². The van der Waals surface area contributed by atoms with Gasteiger partial charge in [0.05, 0.1) is 10.5 Å². The summed E-state index contributed by atoms with van der Waals surface area (Å²) in [5.41, 5.74) is -0.0287. The largest absolute Gasteiger partial charge is 0.449 e. The Kier molecular flexibility index (Phi) is 7.52. The summed E-state index contributed by atoms with van der Waals surface area (Å²) >= 11 is 0.